The van der Waals surface area contributed by atoms with E-state index in [0.29, 0.717) is 25.1 Å². The van der Waals surface area contributed by atoms with E-state index < -0.39 is 23.9 Å². The number of carboxylic acid groups (broad SMARTS) is 1. The molecule has 2 N–H and O–H groups in total. The van der Waals surface area contributed by atoms with E-state index in [1.165, 1.54) is 30.2 Å². The van der Waals surface area contributed by atoms with Crippen LogP contribution in [0.4, 0.5) is 14.9 Å². The molecule has 0 aliphatic carbocycles. The predicted molar refractivity (Wildman–Crippen MR) is 69.3 cm³/mol. The number of ether oxygens (including phenoxy) is 1. The minimum atomic E-state index is -1.02. The van der Waals surface area contributed by atoms with Crippen LogP contribution in [0.2, 0.25) is 0 Å². The summed E-state index contributed by atoms with van der Waals surface area (Å²) in [6.45, 7) is 0.390. The van der Waals surface area contributed by atoms with Crippen molar-refractivity contribution in [2.75, 3.05) is 19.0 Å². The van der Waals surface area contributed by atoms with Crippen LogP contribution in [0.3, 0.4) is 0 Å². The number of methoxy groups -OCH3 is 1. The summed E-state index contributed by atoms with van der Waals surface area (Å²) in [5, 5.41) is 11.6. The Hall–Kier alpha value is -2.31. The number of hydrogen-bond donors (Lipinski definition) is 2. The first-order valence-electron chi connectivity index (χ1n) is 6.17. The Labute approximate surface area is 115 Å². The van der Waals surface area contributed by atoms with Gasteiger partial charge < -0.3 is 20.1 Å². The molecule has 1 aliphatic rings. The molecule has 1 aromatic rings. The van der Waals surface area contributed by atoms with E-state index in [0.717, 1.165) is 0 Å². The Kier molecular flexibility index (Phi) is 4.07. The smallest absolute Gasteiger partial charge is 0.326 e. The summed E-state index contributed by atoms with van der Waals surface area (Å²) in [6.07, 6.45) is 1.09. The van der Waals surface area contributed by atoms with Gasteiger partial charge in [0, 0.05) is 18.3 Å². The molecular weight excluding hydrogens is 267 g/mol. The SMILES string of the molecule is COc1cc(NC(=O)N2CCC[C@@H]2C(=O)O)ccc1F. The number of anilines is 1. The summed E-state index contributed by atoms with van der Waals surface area (Å²) >= 11 is 0. The van der Waals surface area contributed by atoms with Crippen LogP contribution in [0.5, 0.6) is 5.75 Å². The number of carboxylic acids is 1. The standard InChI is InChI=1S/C13H15FN2O4/c1-20-11-7-8(4-5-9(11)14)15-13(19)16-6-2-3-10(16)12(17)18/h4-5,7,10H,2-3,6H2,1H3,(H,15,19)(H,17,18)/t10-/m1/s1. The molecule has 20 heavy (non-hydrogen) atoms. The van der Waals surface area contributed by atoms with Crippen LogP contribution in [0.15, 0.2) is 18.2 Å². The van der Waals surface area contributed by atoms with Gasteiger partial charge in [-0.15, -0.1) is 0 Å². The lowest BCUT2D eigenvalue weighted by atomic mass is 10.2. The Morgan fingerprint density at radius 3 is 2.90 bits per heavy atom. The van der Waals surface area contributed by atoms with Crippen LogP contribution in [-0.4, -0.2) is 41.7 Å². The van der Waals surface area contributed by atoms with Crippen molar-refractivity contribution in [2.45, 2.75) is 18.9 Å². The molecule has 1 atom stereocenters. The van der Waals surface area contributed by atoms with E-state index in [1.54, 1.807) is 0 Å². The third-order valence-electron chi connectivity index (χ3n) is 3.20. The number of nitrogens with one attached hydrogen (secondary N) is 1. The Balaban J connectivity index is 2.09. The summed E-state index contributed by atoms with van der Waals surface area (Å²) in [5.41, 5.74) is 0.351. The highest BCUT2D eigenvalue weighted by atomic mass is 19.1. The number of urea groups is 1. The fourth-order valence-corrected chi connectivity index (χ4v) is 2.20. The van der Waals surface area contributed by atoms with Gasteiger partial charge >= 0.3 is 12.0 Å². The number of carbonyl (C=O) groups is 2. The van der Waals surface area contributed by atoms with Crippen molar-refractivity contribution in [1.29, 1.82) is 0 Å². The lowest BCUT2D eigenvalue weighted by molar-refractivity contribution is -0.141. The van der Waals surface area contributed by atoms with E-state index >= 15 is 0 Å². The molecule has 1 aliphatic heterocycles. The van der Waals surface area contributed by atoms with Gasteiger partial charge in [-0.3, -0.25) is 0 Å². The maximum atomic E-state index is 13.3. The molecule has 0 aromatic heterocycles. The number of halogens is 1. The lowest BCUT2D eigenvalue weighted by Gasteiger charge is -2.21. The fourth-order valence-electron chi connectivity index (χ4n) is 2.20. The van der Waals surface area contributed by atoms with E-state index in [1.807, 2.05) is 0 Å². The summed E-state index contributed by atoms with van der Waals surface area (Å²) < 4.78 is 18.1. The zero-order valence-electron chi connectivity index (χ0n) is 10.9. The average molecular weight is 282 g/mol. The Morgan fingerprint density at radius 1 is 1.50 bits per heavy atom. The summed E-state index contributed by atoms with van der Waals surface area (Å²) in [6, 6.07) is 2.59. The molecule has 1 saturated heterocycles. The number of carbonyl (C=O) groups excluding carboxylic acids is 1. The van der Waals surface area contributed by atoms with Gasteiger partial charge in [-0.1, -0.05) is 0 Å². The van der Waals surface area contributed by atoms with Crippen LogP contribution in [-0.2, 0) is 4.79 Å². The molecule has 6 nitrogen and oxygen atoms in total. The van der Waals surface area contributed by atoms with E-state index in [4.69, 9.17) is 9.84 Å². The largest absolute Gasteiger partial charge is 0.494 e. The molecule has 0 unspecified atom stereocenters. The van der Waals surface area contributed by atoms with Gasteiger partial charge in [0.05, 0.1) is 7.11 Å². The van der Waals surface area contributed by atoms with Crippen molar-refractivity contribution in [1.82, 2.24) is 4.90 Å². The Bertz CT molecular complexity index is 535. The number of amides is 2. The van der Waals surface area contributed by atoms with Crippen molar-refractivity contribution < 1.29 is 23.8 Å². The van der Waals surface area contributed by atoms with E-state index in [9.17, 15) is 14.0 Å². The summed E-state index contributed by atoms with van der Waals surface area (Å²) in [5.74, 6) is -1.54. The minimum absolute atomic E-state index is 0.0130. The fraction of sp³-hybridized carbons (Fsp3) is 0.385. The average Bonchev–Trinajstić information content (AvgIpc) is 2.90. The Morgan fingerprint density at radius 2 is 2.25 bits per heavy atom. The normalized spacial score (nSPS) is 17.9. The maximum absolute atomic E-state index is 13.3. The molecule has 1 fully saturated rings. The molecule has 2 amide bonds. The van der Waals surface area contributed by atoms with E-state index in [-0.39, 0.29) is 5.75 Å². The second kappa shape index (κ2) is 5.77. The first-order chi connectivity index (χ1) is 9.52. The third-order valence-corrected chi connectivity index (χ3v) is 3.20. The van der Waals surface area contributed by atoms with Gasteiger partial charge in [-0.25, -0.2) is 14.0 Å². The number of rotatable bonds is 3. The predicted octanol–water partition coefficient (Wildman–Crippen LogP) is 1.92. The highest BCUT2D eigenvalue weighted by Gasteiger charge is 2.34. The monoisotopic (exact) mass is 282 g/mol. The number of hydrogen-bond acceptors (Lipinski definition) is 3. The molecule has 108 valence electrons. The molecule has 0 saturated carbocycles. The van der Waals surface area contributed by atoms with Crippen LogP contribution in [0.1, 0.15) is 12.8 Å². The van der Waals surface area contributed by atoms with Crippen molar-refractivity contribution in [3.8, 4) is 5.75 Å². The molecule has 0 spiro atoms. The number of benzene rings is 1. The van der Waals surface area contributed by atoms with Gasteiger partial charge in [-0.05, 0) is 25.0 Å². The van der Waals surface area contributed by atoms with Crippen molar-refractivity contribution in [3.05, 3.63) is 24.0 Å². The van der Waals surface area contributed by atoms with Crippen LogP contribution < -0.4 is 10.1 Å². The van der Waals surface area contributed by atoms with Crippen LogP contribution in [0.25, 0.3) is 0 Å². The van der Waals surface area contributed by atoms with Gasteiger partial charge in [-0.2, -0.15) is 0 Å². The van der Waals surface area contributed by atoms with Crippen molar-refractivity contribution in [3.63, 3.8) is 0 Å². The second-order valence-corrected chi connectivity index (χ2v) is 4.47. The first kappa shape index (κ1) is 14.1. The molecule has 1 heterocycles. The highest BCUT2D eigenvalue weighted by Crippen LogP contribution is 2.23. The van der Waals surface area contributed by atoms with Crippen LogP contribution in [0, 0.1) is 5.82 Å². The van der Waals surface area contributed by atoms with E-state index in [2.05, 4.69) is 5.32 Å². The molecule has 0 radical (unpaired) electrons. The maximum Gasteiger partial charge on any atom is 0.326 e. The molecule has 0 bridgehead atoms. The van der Waals surface area contributed by atoms with Gasteiger partial charge in [0.1, 0.15) is 6.04 Å². The zero-order valence-corrected chi connectivity index (χ0v) is 10.9. The van der Waals surface area contributed by atoms with Gasteiger partial charge in [0.2, 0.25) is 0 Å². The summed E-state index contributed by atoms with van der Waals surface area (Å²) in [7, 11) is 1.32. The van der Waals surface area contributed by atoms with Gasteiger partial charge in [0.25, 0.3) is 0 Å². The van der Waals surface area contributed by atoms with Gasteiger partial charge in [0.15, 0.2) is 11.6 Å². The number of nitrogens with zero attached hydrogens (tertiary/aromatic N) is 1. The third kappa shape index (κ3) is 2.81. The zero-order chi connectivity index (χ0) is 14.7. The molecular formula is C13H15FN2O4. The highest BCUT2D eigenvalue weighted by molar-refractivity contribution is 5.92. The molecule has 1 aromatic carbocycles. The second-order valence-electron chi connectivity index (χ2n) is 4.47. The quantitative estimate of drug-likeness (QED) is 0.887. The first-order valence-corrected chi connectivity index (χ1v) is 6.17. The number of likely N-dealkylation sites (tertiary alicyclic amines) is 1. The topological polar surface area (TPSA) is 78.9 Å². The minimum Gasteiger partial charge on any atom is -0.494 e. The molecule has 2 rings (SSSR count). The van der Waals surface area contributed by atoms with Crippen molar-refractivity contribution in [2.24, 2.45) is 0 Å². The summed E-state index contributed by atoms with van der Waals surface area (Å²) in [4.78, 5) is 24.3. The lowest BCUT2D eigenvalue weighted by Crippen LogP contribution is -2.42. The molecule has 7 heteroatoms. The van der Waals surface area contributed by atoms with Crippen molar-refractivity contribution >= 4 is 17.7 Å². The van der Waals surface area contributed by atoms with Crippen LogP contribution >= 0.6 is 0 Å². The number of aliphatic carboxylic acids is 1.